The van der Waals surface area contributed by atoms with Gasteiger partial charge in [-0.1, -0.05) is 25.5 Å². The maximum Gasteiger partial charge on any atom is 0.340 e. The highest BCUT2D eigenvalue weighted by Crippen LogP contribution is 2.43. The number of nitrogens with zero attached hydrogens (tertiary/aromatic N) is 1. The molecule has 0 saturated heterocycles. The van der Waals surface area contributed by atoms with Crippen LogP contribution in [0.15, 0.2) is 54.2 Å². The van der Waals surface area contributed by atoms with Crippen LogP contribution in [0.4, 0.5) is 0 Å². The van der Waals surface area contributed by atoms with Gasteiger partial charge in [-0.05, 0) is 24.1 Å². The number of aromatic nitrogens is 1. The number of carbonyl (C=O) groups excluding carboxylic acids is 1. The predicted molar refractivity (Wildman–Crippen MR) is 91.9 cm³/mol. The quantitative estimate of drug-likeness (QED) is 0.642. The molecule has 25 heavy (non-hydrogen) atoms. The van der Waals surface area contributed by atoms with Crippen molar-refractivity contribution in [1.29, 1.82) is 0 Å². The van der Waals surface area contributed by atoms with Crippen molar-refractivity contribution in [3.05, 3.63) is 65.3 Å². The van der Waals surface area contributed by atoms with Gasteiger partial charge in [0, 0.05) is 24.0 Å². The number of hydrogen-bond donors (Lipinski definition) is 2. The number of carbonyl (C=O) groups is 1. The fourth-order valence-corrected chi connectivity index (χ4v) is 2.82. The average Bonchev–Trinajstić information content (AvgIpc) is 2.61. The van der Waals surface area contributed by atoms with E-state index < -0.39 is 11.9 Å². The Bertz CT molecular complexity index is 802. The smallest absolute Gasteiger partial charge is 0.340 e. The molecule has 2 heterocycles. The molecule has 2 aromatic rings. The van der Waals surface area contributed by atoms with E-state index in [2.05, 4.69) is 4.98 Å². The van der Waals surface area contributed by atoms with Gasteiger partial charge in [-0.15, -0.1) is 0 Å². The number of nitrogens with two attached hydrogens (primary N) is 1. The van der Waals surface area contributed by atoms with Gasteiger partial charge in [0.15, 0.2) is 0 Å². The minimum absolute atomic E-state index is 0.0200. The second kappa shape index (κ2) is 7.25. The summed E-state index contributed by atoms with van der Waals surface area (Å²) in [5.74, 6) is -0.513. The Morgan fingerprint density at radius 3 is 2.96 bits per heavy atom. The van der Waals surface area contributed by atoms with E-state index in [4.69, 9.17) is 15.2 Å². The number of phenolic OH excluding ortho intramolecular Hbond substituents is 1. The Balaban J connectivity index is 2.05. The molecule has 1 aromatic carbocycles. The number of fused-ring (bicyclic) bond motifs is 1. The van der Waals surface area contributed by atoms with Crippen LogP contribution in [0.3, 0.4) is 0 Å². The van der Waals surface area contributed by atoms with Gasteiger partial charge in [0.25, 0.3) is 0 Å². The number of rotatable bonds is 5. The zero-order valence-corrected chi connectivity index (χ0v) is 13.9. The number of aromatic hydroxyl groups is 1. The number of pyridine rings is 1. The van der Waals surface area contributed by atoms with Gasteiger partial charge in [0.1, 0.15) is 17.1 Å². The number of esters is 1. The largest absolute Gasteiger partial charge is 0.508 e. The first-order chi connectivity index (χ1) is 12.1. The highest BCUT2D eigenvalue weighted by atomic mass is 16.5. The number of hydrogen-bond acceptors (Lipinski definition) is 6. The normalized spacial score (nSPS) is 16.1. The summed E-state index contributed by atoms with van der Waals surface area (Å²) in [5.41, 5.74) is 7.80. The Morgan fingerprint density at radius 1 is 1.40 bits per heavy atom. The van der Waals surface area contributed by atoms with Crippen LogP contribution < -0.4 is 10.5 Å². The van der Waals surface area contributed by atoms with Crippen molar-refractivity contribution in [2.24, 2.45) is 5.73 Å². The molecule has 1 aliphatic rings. The summed E-state index contributed by atoms with van der Waals surface area (Å²) >= 11 is 0. The molecular formula is C19H20N2O4. The SMILES string of the molecule is CCCCOC(=O)C1=C(N)Oc2cc(O)ccc2C1c1cccnc1. The highest BCUT2D eigenvalue weighted by Gasteiger charge is 2.35. The molecule has 0 bridgehead atoms. The minimum atomic E-state index is -0.501. The van der Waals surface area contributed by atoms with Gasteiger partial charge >= 0.3 is 5.97 Å². The zero-order valence-electron chi connectivity index (χ0n) is 13.9. The molecule has 1 atom stereocenters. The van der Waals surface area contributed by atoms with Gasteiger partial charge in [-0.3, -0.25) is 4.98 Å². The second-order valence-corrected chi connectivity index (χ2v) is 5.81. The lowest BCUT2D eigenvalue weighted by Crippen LogP contribution is -2.27. The number of ether oxygens (including phenoxy) is 2. The van der Waals surface area contributed by atoms with E-state index in [1.54, 1.807) is 30.6 Å². The summed E-state index contributed by atoms with van der Waals surface area (Å²) in [6.45, 7) is 2.35. The summed E-state index contributed by atoms with van der Waals surface area (Å²) in [7, 11) is 0. The van der Waals surface area contributed by atoms with Gasteiger partial charge < -0.3 is 20.3 Å². The standard InChI is InChI=1S/C19H20N2O4/c1-2-3-9-24-19(23)17-16(12-5-4-8-21-11-12)14-7-6-13(22)10-15(14)25-18(17)20/h4-8,10-11,16,22H,2-3,9,20H2,1H3. The third-order valence-electron chi connectivity index (χ3n) is 4.05. The number of phenols is 1. The first-order valence-corrected chi connectivity index (χ1v) is 8.19. The molecule has 3 N–H and O–H groups in total. The summed E-state index contributed by atoms with van der Waals surface area (Å²) in [4.78, 5) is 16.8. The molecule has 130 valence electrons. The van der Waals surface area contributed by atoms with E-state index in [0.29, 0.717) is 12.4 Å². The Hall–Kier alpha value is -3.02. The lowest BCUT2D eigenvalue weighted by Gasteiger charge is -2.28. The molecule has 1 unspecified atom stereocenters. The Morgan fingerprint density at radius 2 is 2.24 bits per heavy atom. The van der Waals surface area contributed by atoms with Crippen molar-refractivity contribution in [3.63, 3.8) is 0 Å². The van der Waals surface area contributed by atoms with Crippen LogP contribution in [-0.2, 0) is 9.53 Å². The molecule has 0 saturated carbocycles. The molecule has 1 aromatic heterocycles. The molecule has 1 aliphatic heterocycles. The molecular weight excluding hydrogens is 320 g/mol. The fraction of sp³-hybridized carbons (Fsp3) is 0.263. The molecule has 3 rings (SSSR count). The number of unbranched alkanes of at least 4 members (excludes halogenated alkanes) is 1. The number of benzene rings is 1. The van der Waals surface area contributed by atoms with E-state index in [-0.39, 0.29) is 17.2 Å². The molecule has 0 radical (unpaired) electrons. The van der Waals surface area contributed by atoms with E-state index in [9.17, 15) is 9.90 Å². The van der Waals surface area contributed by atoms with Gasteiger partial charge in [-0.25, -0.2) is 4.79 Å². The molecule has 6 heteroatoms. The van der Waals surface area contributed by atoms with Crippen molar-refractivity contribution >= 4 is 5.97 Å². The van der Waals surface area contributed by atoms with E-state index in [1.165, 1.54) is 6.07 Å². The second-order valence-electron chi connectivity index (χ2n) is 5.81. The lowest BCUT2D eigenvalue weighted by molar-refractivity contribution is -0.139. The summed E-state index contributed by atoms with van der Waals surface area (Å²) in [6.07, 6.45) is 5.04. The Labute approximate surface area is 145 Å². The van der Waals surface area contributed by atoms with Crippen molar-refractivity contribution in [1.82, 2.24) is 4.98 Å². The van der Waals surface area contributed by atoms with Crippen LogP contribution in [-0.4, -0.2) is 22.7 Å². The summed E-state index contributed by atoms with van der Waals surface area (Å²) in [5, 5.41) is 9.71. The summed E-state index contributed by atoms with van der Waals surface area (Å²) in [6, 6.07) is 8.40. The zero-order chi connectivity index (χ0) is 17.8. The van der Waals surface area contributed by atoms with Gasteiger partial charge in [0.2, 0.25) is 5.88 Å². The van der Waals surface area contributed by atoms with E-state index >= 15 is 0 Å². The van der Waals surface area contributed by atoms with Crippen LogP contribution in [0.25, 0.3) is 0 Å². The maximum atomic E-state index is 12.6. The van der Waals surface area contributed by atoms with E-state index in [1.807, 2.05) is 13.0 Å². The summed E-state index contributed by atoms with van der Waals surface area (Å²) < 4.78 is 10.9. The Kier molecular flexibility index (Phi) is 4.88. The van der Waals surface area contributed by atoms with Crippen LogP contribution in [0.1, 0.15) is 36.8 Å². The van der Waals surface area contributed by atoms with Gasteiger partial charge in [-0.2, -0.15) is 0 Å². The monoisotopic (exact) mass is 340 g/mol. The molecule has 0 amide bonds. The third-order valence-corrected chi connectivity index (χ3v) is 4.05. The van der Waals surface area contributed by atoms with Crippen molar-refractivity contribution in [2.45, 2.75) is 25.7 Å². The molecule has 0 fully saturated rings. The van der Waals surface area contributed by atoms with Crippen molar-refractivity contribution in [2.75, 3.05) is 6.61 Å². The van der Waals surface area contributed by atoms with Gasteiger partial charge in [0.05, 0.1) is 12.5 Å². The van der Waals surface area contributed by atoms with Crippen LogP contribution in [0.5, 0.6) is 11.5 Å². The topological polar surface area (TPSA) is 94.7 Å². The average molecular weight is 340 g/mol. The van der Waals surface area contributed by atoms with Crippen LogP contribution >= 0.6 is 0 Å². The van der Waals surface area contributed by atoms with Crippen LogP contribution in [0.2, 0.25) is 0 Å². The lowest BCUT2D eigenvalue weighted by atomic mass is 9.83. The van der Waals surface area contributed by atoms with E-state index in [0.717, 1.165) is 24.0 Å². The van der Waals surface area contributed by atoms with Crippen molar-refractivity contribution in [3.8, 4) is 11.5 Å². The predicted octanol–water partition coefficient (Wildman–Crippen LogP) is 2.83. The molecule has 0 spiro atoms. The van der Waals surface area contributed by atoms with Crippen LogP contribution in [0, 0.1) is 0 Å². The third kappa shape index (κ3) is 3.42. The molecule has 6 nitrogen and oxygen atoms in total. The van der Waals surface area contributed by atoms with Crippen molar-refractivity contribution < 1.29 is 19.4 Å². The highest BCUT2D eigenvalue weighted by molar-refractivity contribution is 5.92. The minimum Gasteiger partial charge on any atom is -0.508 e. The first kappa shape index (κ1) is 16.8. The molecule has 0 aliphatic carbocycles. The maximum absolute atomic E-state index is 12.6. The first-order valence-electron chi connectivity index (χ1n) is 8.19. The fourth-order valence-electron chi connectivity index (χ4n) is 2.82.